The average Bonchev–Trinajstić information content (AvgIpc) is 2.91. The highest BCUT2D eigenvalue weighted by Gasteiger charge is 2.52. The maximum absolute atomic E-state index is 6.25. The normalized spacial score (nSPS) is 37.4. The van der Waals surface area contributed by atoms with Crippen LogP contribution in [0.5, 0.6) is 0 Å². The monoisotopic (exact) mass is 193 g/mol. The topological polar surface area (TPSA) is 26.0 Å². The highest BCUT2D eigenvalue weighted by molar-refractivity contribution is 5.07. The van der Waals surface area contributed by atoms with Crippen LogP contribution in [-0.2, 0) is 0 Å². The van der Waals surface area contributed by atoms with Crippen LogP contribution < -0.4 is 5.73 Å². The number of hydrogen-bond donors (Lipinski definition) is 1. The summed E-state index contributed by atoms with van der Waals surface area (Å²) in [6.07, 6.45) is 7.94. The van der Waals surface area contributed by atoms with Gasteiger partial charge in [-0.2, -0.15) is 0 Å². The van der Waals surface area contributed by atoms with Crippen LogP contribution in [-0.4, -0.2) is 6.04 Å². The maximum atomic E-state index is 6.25. The second-order valence-corrected chi connectivity index (χ2v) is 5.16. The van der Waals surface area contributed by atoms with Gasteiger partial charge >= 0.3 is 0 Å². The Morgan fingerprint density at radius 3 is 2.43 bits per heavy atom. The second-order valence-electron chi connectivity index (χ2n) is 5.16. The molecule has 3 atom stereocenters. The van der Waals surface area contributed by atoms with Crippen LogP contribution in [0.3, 0.4) is 0 Å². The van der Waals surface area contributed by atoms with Crippen molar-refractivity contribution in [1.29, 1.82) is 0 Å². The predicted octanol–water partition coefficient (Wildman–Crippen LogP) is 3.11. The van der Waals surface area contributed by atoms with Crippen LogP contribution in [0.25, 0.3) is 0 Å². The molecule has 2 aliphatic carbocycles. The summed E-state index contributed by atoms with van der Waals surface area (Å²) in [5.41, 5.74) is 7.59. The van der Waals surface area contributed by atoms with Crippen LogP contribution in [0.2, 0.25) is 0 Å². The van der Waals surface area contributed by atoms with E-state index in [1.807, 2.05) is 0 Å². The van der Waals surface area contributed by atoms with E-state index in [9.17, 15) is 0 Å². The maximum Gasteiger partial charge on any atom is 0.0110 e. The lowest BCUT2D eigenvalue weighted by molar-refractivity contribution is 0.480. The Balaban J connectivity index is 1.82. The van der Waals surface area contributed by atoms with E-state index in [4.69, 9.17) is 5.73 Å². The van der Waals surface area contributed by atoms with Gasteiger partial charge in [0.25, 0.3) is 0 Å². The lowest BCUT2D eigenvalue weighted by atomic mass is 10.0. The first-order valence-corrected chi connectivity index (χ1v) is 6.16. The molecule has 3 unspecified atom stereocenters. The quantitative estimate of drug-likeness (QED) is 0.682. The highest BCUT2D eigenvalue weighted by Crippen LogP contribution is 2.57. The van der Waals surface area contributed by atoms with Gasteiger partial charge in [-0.1, -0.05) is 31.9 Å². The van der Waals surface area contributed by atoms with Crippen LogP contribution in [0.1, 0.15) is 45.4 Å². The van der Waals surface area contributed by atoms with E-state index in [0.29, 0.717) is 6.04 Å². The fourth-order valence-corrected chi connectivity index (χ4v) is 3.30. The van der Waals surface area contributed by atoms with Crippen molar-refractivity contribution in [3.63, 3.8) is 0 Å². The standard InChI is InChI=1S/C13H23N/c1-3-9(2)8-12(14)13-10-6-4-5-7-11(10)13/h10-13H,2-8,14H2,1H3. The Kier molecular flexibility index (Phi) is 2.96. The molecule has 2 saturated carbocycles. The van der Waals surface area contributed by atoms with Crippen molar-refractivity contribution in [2.75, 3.05) is 0 Å². The minimum atomic E-state index is 0.413. The Labute approximate surface area is 87.8 Å². The highest BCUT2D eigenvalue weighted by atomic mass is 14.7. The summed E-state index contributed by atoms with van der Waals surface area (Å²) in [4.78, 5) is 0. The lowest BCUT2D eigenvalue weighted by Gasteiger charge is -2.12. The molecule has 80 valence electrons. The van der Waals surface area contributed by atoms with Crippen molar-refractivity contribution in [3.05, 3.63) is 12.2 Å². The summed E-state index contributed by atoms with van der Waals surface area (Å²) < 4.78 is 0. The third kappa shape index (κ3) is 1.88. The number of rotatable bonds is 4. The zero-order chi connectivity index (χ0) is 10.1. The minimum Gasteiger partial charge on any atom is -0.327 e. The summed E-state index contributed by atoms with van der Waals surface area (Å²) in [5, 5.41) is 0. The average molecular weight is 193 g/mol. The lowest BCUT2D eigenvalue weighted by Crippen LogP contribution is -2.24. The van der Waals surface area contributed by atoms with Gasteiger partial charge in [0.2, 0.25) is 0 Å². The van der Waals surface area contributed by atoms with Crippen molar-refractivity contribution < 1.29 is 0 Å². The molecule has 0 aromatic rings. The molecule has 0 saturated heterocycles. The molecule has 0 radical (unpaired) electrons. The molecule has 0 amide bonds. The van der Waals surface area contributed by atoms with Gasteiger partial charge < -0.3 is 5.73 Å². The fraction of sp³-hybridized carbons (Fsp3) is 0.846. The third-order valence-corrected chi connectivity index (χ3v) is 4.24. The van der Waals surface area contributed by atoms with E-state index in [2.05, 4.69) is 13.5 Å². The van der Waals surface area contributed by atoms with E-state index < -0.39 is 0 Å². The summed E-state index contributed by atoms with van der Waals surface area (Å²) >= 11 is 0. The van der Waals surface area contributed by atoms with E-state index in [1.165, 1.54) is 31.3 Å². The molecule has 1 heteroatoms. The second kappa shape index (κ2) is 4.06. The van der Waals surface area contributed by atoms with Gasteiger partial charge in [-0.15, -0.1) is 0 Å². The fourth-order valence-electron chi connectivity index (χ4n) is 3.30. The smallest absolute Gasteiger partial charge is 0.0110 e. The first-order valence-electron chi connectivity index (χ1n) is 6.16. The Morgan fingerprint density at radius 2 is 1.93 bits per heavy atom. The first-order chi connectivity index (χ1) is 6.74. The first kappa shape index (κ1) is 10.2. The van der Waals surface area contributed by atoms with Gasteiger partial charge in [-0.05, 0) is 43.4 Å². The van der Waals surface area contributed by atoms with Crippen molar-refractivity contribution in [2.45, 2.75) is 51.5 Å². The van der Waals surface area contributed by atoms with E-state index in [1.54, 1.807) is 0 Å². The number of fused-ring (bicyclic) bond motifs is 1. The van der Waals surface area contributed by atoms with Gasteiger partial charge in [-0.3, -0.25) is 0 Å². The molecule has 0 aliphatic heterocycles. The summed E-state index contributed by atoms with van der Waals surface area (Å²) in [5.74, 6) is 2.83. The molecule has 0 bridgehead atoms. The van der Waals surface area contributed by atoms with E-state index >= 15 is 0 Å². The minimum absolute atomic E-state index is 0.413. The van der Waals surface area contributed by atoms with Gasteiger partial charge in [0.1, 0.15) is 0 Å². The molecule has 2 N–H and O–H groups in total. The molecule has 0 spiro atoms. The zero-order valence-corrected chi connectivity index (χ0v) is 9.34. The molecule has 2 fully saturated rings. The molecule has 0 heterocycles. The van der Waals surface area contributed by atoms with E-state index in [0.717, 1.165) is 30.6 Å². The molecule has 2 aliphatic rings. The van der Waals surface area contributed by atoms with Gasteiger partial charge in [0.15, 0.2) is 0 Å². The van der Waals surface area contributed by atoms with Crippen molar-refractivity contribution in [3.8, 4) is 0 Å². The van der Waals surface area contributed by atoms with E-state index in [-0.39, 0.29) is 0 Å². The largest absolute Gasteiger partial charge is 0.327 e. The van der Waals surface area contributed by atoms with Gasteiger partial charge in [-0.25, -0.2) is 0 Å². The van der Waals surface area contributed by atoms with Gasteiger partial charge in [0, 0.05) is 6.04 Å². The molecule has 0 aromatic carbocycles. The molecular weight excluding hydrogens is 170 g/mol. The Bertz CT molecular complexity index is 209. The Hall–Kier alpha value is -0.300. The molecule has 0 aromatic heterocycles. The molecule has 14 heavy (non-hydrogen) atoms. The van der Waals surface area contributed by atoms with Crippen molar-refractivity contribution in [2.24, 2.45) is 23.5 Å². The van der Waals surface area contributed by atoms with Crippen LogP contribution in [0, 0.1) is 17.8 Å². The molecular formula is C13H23N. The van der Waals surface area contributed by atoms with Crippen LogP contribution >= 0.6 is 0 Å². The molecule has 1 nitrogen and oxygen atoms in total. The molecule has 2 rings (SSSR count). The summed E-state index contributed by atoms with van der Waals surface area (Å²) in [6, 6.07) is 0.413. The predicted molar refractivity (Wildman–Crippen MR) is 61.0 cm³/mol. The van der Waals surface area contributed by atoms with Crippen molar-refractivity contribution in [1.82, 2.24) is 0 Å². The number of hydrogen-bond acceptors (Lipinski definition) is 1. The van der Waals surface area contributed by atoms with Gasteiger partial charge in [0.05, 0.1) is 0 Å². The zero-order valence-electron chi connectivity index (χ0n) is 9.34. The van der Waals surface area contributed by atoms with Crippen molar-refractivity contribution >= 4 is 0 Å². The number of nitrogens with two attached hydrogens (primary N) is 1. The van der Waals surface area contributed by atoms with Crippen LogP contribution in [0.4, 0.5) is 0 Å². The SMILES string of the molecule is C=C(CC)CC(N)C1C2CCCCC21. The van der Waals surface area contributed by atoms with Crippen LogP contribution in [0.15, 0.2) is 12.2 Å². The summed E-state index contributed by atoms with van der Waals surface area (Å²) in [7, 11) is 0. The third-order valence-electron chi connectivity index (χ3n) is 4.24. The Morgan fingerprint density at radius 1 is 1.36 bits per heavy atom. The summed E-state index contributed by atoms with van der Waals surface area (Å²) in [6.45, 7) is 6.24.